The van der Waals surface area contributed by atoms with Crippen LogP contribution >= 0.6 is 0 Å². The highest BCUT2D eigenvalue weighted by molar-refractivity contribution is 6.07. The molecule has 0 aromatic heterocycles. The van der Waals surface area contributed by atoms with Crippen molar-refractivity contribution in [3.63, 3.8) is 0 Å². The summed E-state index contributed by atoms with van der Waals surface area (Å²) in [5.41, 5.74) is 4.91. The normalized spacial score (nSPS) is 12.0. The first-order valence-electron chi connectivity index (χ1n) is 11.2. The number of nitrogens with one attached hydrogen (secondary N) is 2. The molecule has 1 heterocycles. The Labute approximate surface area is 203 Å². The van der Waals surface area contributed by atoms with Crippen molar-refractivity contribution in [2.75, 3.05) is 31.0 Å². The zero-order chi connectivity index (χ0) is 24.9. The summed E-state index contributed by atoms with van der Waals surface area (Å²) in [6, 6.07) is 17.5. The number of benzene rings is 3. The molecule has 35 heavy (non-hydrogen) atoms. The number of rotatable bonds is 6. The maximum absolute atomic E-state index is 13.1. The Morgan fingerprint density at radius 1 is 0.971 bits per heavy atom. The molecule has 0 unspecified atom stereocenters. The van der Waals surface area contributed by atoms with Crippen molar-refractivity contribution in [2.24, 2.45) is 0 Å². The molecule has 0 spiro atoms. The lowest BCUT2D eigenvalue weighted by molar-refractivity contribution is 0.0601. The van der Waals surface area contributed by atoms with Crippen LogP contribution in [-0.2, 0) is 17.7 Å². The summed E-state index contributed by atoms with van der Waals surface area (Å²) in [7, 11) is 2.88. The Balaban J connectivity index is 1.44. The summed E-state index contributed by atoms with van der Waals surface area (Å²) >= 11 is 0. The predicted octanol–water partition coefficient (Wildman–Crippen LogP) is 4.31. The standard InChI is InChI=1S/C27H27N3O5/c1-17-4-11-22(26(32)35-3)23(14-17)29-27(33)28-16-18-5-6-19-12-13-30(24(19)15-18)25(31)20-7-9-21(34-2)10-8-20/h4-11,14-15H,12-13,16H2,1-3H3,(H2,28,29,33). The fourth-order valence-electron chi connectivity index (χ4n) is 4.03. The van der Waals surface area contributed by atoms with Crippen LogP contribution in [0.3, 0.4) is 0 Å². The third-order valence-corrected chi connectivity index (χ3v) is 5.91. The average Bonchev–Trinajstić information content (AvgIpc) is 3.30. The molecule has 0 radical (unpaired) electrons. The lowest BCUT2D eigenvalue weighted by atomic mass is 10.1. The quantitative estimate of drug-likeness (QED) is 0.520. The number of urea groups is 1. The van der Waals surface area contributed by atoms with Gasteiger partial charge in [0.15, 0.2) is 0 Å². The lowest BCUT2D eigenvalue weighted by Gasteiger charge is -2.18. The van der Waals surface area contributed by atoms with Gasteiger partial charge in [0.05, 0.1) is 25.5 Å². The van der Waals surface area contributed by atoms with E-state index in [2.05, 4.69) is 10.6 Å². The molecule has 0 fully saturated rings. The van der Waals surface area contributed by atoms with Crippen molar-refractivity contribution in [1.82, 2.24) is 5.32 Å². The van der Waals surface area contributed by atoms with Crippen molar-refractivity contribution in [3.8, 4) is 5.75 Å². The maximum Gasteiger partial charge on any atom is 0.339 e. The average molecular weight is 474 g/mol. The Hall–Kier alpha value is -4.33. The van der Waals surface area contributed by atoms with E-state index in [-0.39, 0.29) is 18.0 Å². The molecule has 2 N–H and O–H groups in total. The molecule has 8 heteroatoms. The number of carbonyl (C=O) groups excluding carboxylic acids is 3. The van der Waals surface area contributed by atoms with Crippen molar-refractivity contribution in [3.05, 3.63) is 88.5 Å². The molecule has 3 amide bonds. The largest absolute Gasteiger partial charge is 0.497 e. The minimum atomic E-state index is -0.527. The fourth-order valence-corrected chi connectivity index (χ4v) is 4.03. The van der Waals surface area contributed by atoms with E-state index >= 15 is 0 Å². The molecule has 3 aromatic rings. The summed E-state index contributed by atoms with van der Waals surface area (Å²) < 4.78 is 9.97. The number of carbonyl (C=O) groups is 3. The molecule has 3 aromatic carbocycles. The molecule has 0 bridgehead atoms. The van der Waals surface area contributed by atoms with Crippen LogP contribution in [0.5, 0.6) is 5.75 Å². The monoisotopic (exact) mass is 473 g/mol. The molecule has 8 nitrogen and oxygen atoms in total. The van der Waals surface area contributed by atoms with E-state index in [1.165, 1.54) is 7.11 Å². The minimum Gasteiger partial charge on any atom is -0.497 e. The predicted molar refractivity (Wildman–Crippen MR) is 133 cm³/mol. The summed E-state index contributed by atoms with van der Waals surface area (Å²) in [4.78, 5) is 39.4. The van der Waals surface area contributed by atoms with Crippen LogP contribution < -0.4 is 20.3 Å². The van der Waals surface area contributed by atoms with E-state index in [4.69, 9.17) is 9.47 Å². The molecule has 1 aliphatic heterocycles. The number of ether oxygens (including phenoxy) is 2. The number of anilines is 2. The summed E-state index contributed by atoms with van der Waals surface area (Å²) in [5, 5.41) is 5.53. The molecular weight excluding hydrogens is 446 g/mol. The summed E-state index contributed by atoms with van der Waals surface area (Å²) in [5.74, 6) is 0.0870. The van der Waals surface area contributed by atoms with Crippen LogP contribution in [0, 0.1) is 6.92 Å². The maximum atomic E-state index is 13.1. The molecule has 0 saturated carbocycles. The van der Waals surface area contributed by atoms with Crippen LogP contribution in [0.15, 0.2) is 60.7 Å². The van der Waals surface area contributed by atoms with E-state index in [1.807, 2.05) is 25.1 Å². The second-order valence-electron chi connectivity index (χ2n) is 8.25. The van der Waals surface area contributed by atoms with Gasteiger partial charge in [-0.15, -0.1) is 0 Å². The topological polar surface area (TPSA) is 97.0 Å². The van der Waals surface area contributed by atoms with Gasteiger partial charge < -0.3 is 25.0 Å². The smallest absolute Gasteiger partial charge is 0.339 e. The Kier molecular flexibility index (Phi) is 7.01. The first-order chi connectivity index (χ1) is 16.9. The van der Waals surface area contributed by atoms with Gasteiger partial charge in [0.2, 0.25) is 0 Å². The van der Waals surface area contributed by atoms with E-state index in [0.29, 0.717) is 23.5 Å². The van der Waals surface area contributed by atoms with Gasteiger partial charge in [-0.2, -0.15) is 0 Å². The number of amides is 3. The number of hydrogen-bond donors (Lipinski definition) is 2. The van der Waals surface area contributed by atoms with Gasteiger partial charge >= 0.3 is 12.0 Å². The Morgan fingerprint density at radius 2 is 1.74 bits per heavy atom. The second kappa shape index (κ2) is 10.3. The third kappa shape index (κ3) is 5.27. The minimum absolute atomic E-state index is 0.0796. The number of methoxy groups -OCH3 is 2. The van der Waals surface area contributed by atoms with Crippen LogP contribution in [0.25, 0.3) is 0 Å². The Morgan fingerprint density at radius 3 is 2.46 bits per heavy atom. The highest BCUT2D eigenvalue weighted by Gasteiger charge is 2.26. The van der Waals surface area contributed by atoms with Crippen LogP contribution in [-0.4, -0.2) is 38.7 Å². The first-order valence-corrected chi connectivity index (χ1v) is 11.2. The van der Waals surface area contributed by atoms with Crippen molar-refractivity contribution in [2.45, 2.75) is 19.9 Å². The van der Waals surface area contributed by atoms with Crippen LogP contribution in [0.1, 0.15) is 37.4 Å². The molecule has 1 aliphatic rings. The van der Waals surface area contributed by atoms with E-state index in [0.717, 1.165) is 28.8 Å². The molecule has 0 saturated heterocycles. The number of aryl methyl sites for hydroxylation is 1. The van der Waals surface area contributed by atoms with Gasteiger partial charge in [0, 0.05) is 24.3 Å². The zero-order valence-electron chi connectivity index (χ0n) is 19.9. The molecule has 0 aliphatic carbocycles. The van der Waals surface area contributed by atoms with E-state index < -0.39 is 12.0 Å². The molecule has 4 rings (SSSR count). The molecular formula is C27H27N3O5. The van der Waals surface area contributed by atoms with Crippen molar-refractivity contribution < 1.29 is 23.9 Å². The third-order valence-electron chi connectivity index (χ3n) is 5.91. The molecule has 180 valence electrons. The van der Waals surface area contributed by atoms with Gasteiger partial charge in [-0.3, -0.25) is 4.79 Å². The number of hydrogen-bond acceptors (Lipinski definition) is 5. The van der Waals surface area contributed by atoms with Gasteiger partial charge in [-0.1, -0.05) is 18.2 Å². The number of esters is 1. The van der Waals surface area contributed by atoms with Crippen molar-refractivity contribution in [1.29, 1.82) is 0 Å². The van der Waals surface area contributed by atoms with Gasteiger partial charge in [-0.05, 0) is 72.5 Å². The van der Waals surface area contributed by atoms with Gasteiger partial charge in [0.25, 0.3) is 5.91 Å². The van der Waals surface area contributed by atoms with Gasteiger partial charge in [0.1, 0.15) is 5.75 Å². The highest BCUT2D eigenvalue weighted by Crippen LogP contribution is 2.31. The number of nitrogens with zero attached hydrogens (tertiary/aromatic N) is 1. The van der Waals surface area contributed by atoms with Crippen molar-refractivity contribution >= 4 is 29.3 Å². The highest BCUT2D eigenvalue weighted by atomic mass is 16.5. The zero-order valence-corrected chi connectivity index (χ0v) is 19.9. The van der Waals surface area contributed by atoms with Crippen LogP contribution in [0.2, 0.25) is 0 Å². The summed E-state index contributed by atoms with van der Waals surface area (Å²) in [6.07, 6.45) is 0.773. The number of fused-ring (bicyclic) bond motifs is 1. The van der Waals surface area contributed by atoms with E-state index in [9.17, 15) is 14.4 Å². The van der Waals surface area contributed by atoms with Gasteiger partial charge in [-0.25, -0.2) is 9.59 Å². The lowest BCUT2D eigenvalue weighted by Crippen LogP contribution is -2.30. The second-order valence-corrected chi connectivity index (χ2v) is 8.25. The SMILES string of the molecule is COC(=O)c1ccc(C)cc1NC(=O)NCc1ccc2c(c1)N(C(=O)c1ccc(OC)cc1)CC2. The molecule has 0 atom stereocenters. The fraction of sp³-hybridized carbons (Fsp3) is 0.222. The van der Waals surface area contributed by atoms with Crippen LogP contribution in [0.4, 0.5) is 16.2 Å². The first kappa shape index (κ1) is 23.8. The van der Waals surface area contributed by atoms with E-state index in [1.54, 1.807) is 54.5 Å². The Bertz CT molecular complexity index is 1270. The summed E-state index contributed by atoms with van der Waals surface area (Å²) in [6.45, 7) is 2.72.